The minimum absolute atomic E-state index is 0.150. The number of halogens is 1. The molecule has 0 radical (unpaired) electrons. The molecule has 4 rings (SSSR count). The number of anilines is 2. The molecule has 10 nitrogen and oxygen atoms in total. The van der Waals surface area contributed by atoms with Crippen LogP contribution in [0, 0.1) is 6.92 Å². The SMILES string of the molecule is CCC(C)(C)NC(=O)[C@H](c1ccccc1Cl)N(C(=O)CCC(=O)Nc1cc(C)on1)c1ccc2c(c1)OCCO2. The van der Waals surface area contributed by atoms with Crippen LogP contribution in [-0.4, -0.2) is 41.6 Å². The molecule has 2 N–H and O–H groups in total. The van der Waals surface area contributed by atoms with Gasteiger partial charge >= 0.3 is 0 Å². The second-order valence-corrected chi connectivity index (χ2v) is 10.5. The van der Waals surface area contributed by atoms with Crippen LogP contribution >= 0.6 is 11.6 Å². The summed E-state index contributed by atoms with van der Waals surface area (Å²) in [4.78, 5) is 41.9. The number of nitrogens with zero attached hydrogens (tertiary/aromatic N) is 2. The summed E-state index contributed by atoms with van der Waals surface area (Å²) in [5, 5.41) is 9.75. The van der Waals surface area contributed by atoms with Crippen LogP contribution in [0.15, 0.2) is 53.1 Å². The van der Waals surface area contributed by atoms with Crippen LogP contribution in [0.5, 0.6) is 11.5 Å². The van der Waals surface area contributed by atoms with E-state index in [1.165, 1.54) is 4.90 Å². The molecule has 0 aliphatic carbocycles. The van der Waals surface area contributed by atoms with Crippen LogP contribution in [0.3, 0.4) is 0 Å². The molecular formula is C29H33ClN4O6. The fourth-order valence-corrected chi connectivity index (χ4v) is 4.41. The fourth-order valence-electron chi connectivity index (χ4n) is 4.18. The molecule has 0 unspecified atom stereocenters. The molecular weight excluding hydrogens is 536 g/mol. The highest BCUT2D eigenvalue weighted by Gasteiger charge is 2.36. The standard InChI is InChI=1S/C29H33ClN4O6/c1-5-29(3,4)32-28(37)27(20-8-6-7-9-21(20)30)34(19-10-11-22-23(17-19)39-15-14-38-22)26(36)13-12-25(35)31-24-16-18(2)40-33-24/h6-11,16-17,27H,5,12-15H2,1-4H3,(H,32,37)(H,31,33,35)/t27-/m0/s1. The summed E-state index contributed by atoms with van der Waals surface area (Å²) in [5.74, 6) is 0.495. The maximum absolute atomic E-state index is 14.0. The van der Waals surface area contributed by atoms with E-state index < -0.39 is 29.3 Å². The number of hydrogen-bond acceptors (Lipinski definition) is 7. The number of aryl methyl sites for hydroxylation is 1. The Kier molecular flexibility index (Phi) is 8.99. The van der Waals surface area contributed by atoms with Gasteiger partial charge in [0, 0.05) is 46.8 Å². The van der Waals surface area contributed by atoms with Gasteiger partial charge < -0.3 is 24.6 Å². The molecule has 3 amide bonds. The summed E-state index contributed by atoms with van der Waals surface area (Å²) in [6.07, 6.45) is 0.319. The van der Waals surface area contributed by atoms with Crippen molar-refractivity contribution in [2.24, 2.45) is 0 Å². The van der Waals surface area contributed by atoms with Gasteiger partial charge in [-0.1, -0.05) is 41.9 Å². The van der Waals surface area contributed by atoms with Crippen LogP contribution in [0.1, 0.15) is 57.4 Å². The molecule has 212 valence electrons. The summed E-state index contributed by atoms with van der Waals surface area (Å²) in [5.41, 5.74) is 0.295. The van der Waals surface area contributed by atoms with E-state index in [2.05, 4.69) is 15.8 Å². The highest BCUT2D eigenvalue weighted by atomic mass is 35.5. The van der Waals surface area contributed by atoms with Crippen molar-refractivity contribution in [3.63, 3.8) is 0 Å². The summed E-state index contributed by atoms with van der Waals surface area (Å²) in [7, 11) is 0. The van der Waals surface area contributed by atoms with E-state index in [-0.39, 0.29) is 18.7 Å². The Morgan fingerprint density at radius 3 is 2.45 bits per heavy atom. The van der Waals surface area contributed by atoms with Gasteiger partial charge in [0.25, 0.3) is 0 Å². The summed E-state index contributed by atoms with van der Waals surface area (Å²) >= 11 is 6.60. The second kappa shape index (κ2) is 12.4. The topological polar surface area (TPSA) is 123 Å². The predicted octanol–water partition coefficient (Wildman–Crippen LogP) is 5.21. The third-order valence-corrected chi connectivity index (χ3v) is 6.93. The molecule has 0 saturated carbocycles. The van der Waals surface area contributed by atoms with E-state index >= 15 is 0 Å². The lowest BCUT2D eigenvalue weighted by Gasteiger charge is -2.35. The van der Waals surface area contributed by atoms with Crippen molar-refractivity contribution in [2.45, 2.75) is 58.5 Å². The smallest absolute Gasteiger partial charge is 0.248 e. The molecule has 40 heavy (non-hydrogen) atoms. The number of hydrogen-bond donors (Lipinski definition) is 2. The monoisotopic (exact) mass is 568 g/mol. The molecule has 0 spiro atoms. The van der Waals surface area contributed by atoms with Gasteiger partial charge in [0.1, 0.15) is 25.0 Å². The normalized spacial score (nSPS) is 13.3. The molecule has 1 atom stereocenters. The number of carbonyl (C=O) groups is 3. The van der Waals surface area contributed by atoms with Crippen LogP contribution in [0.2, 0.25) is 5.02 Å². The largest absolute Gasteiger partial charge is 0.486 e. The van der Waals surface area contributed by atoms with Crippen molar-refractivity contribution in [3.05, 3.63) is 64.9 Å². The van der Waals surface area contributed by atoms with Gasteiger partial charge in [-0.15, -0.1) is 0 Å². The Labute approximate surface area is 237 Å². The average Bonchev–Trinajstić information content (AvgIpc) is 3.34. The summed E-state index contributed by atoms with van der Waals surface area (Å²) in [6, 6.07) is 12.4. The third kappa shape index (κ3) is 6.93. The highest BCUT2D eigenvalue weighted by Crippen LogP contribution is 2.39. The number of benzene rings is 2. The Balaban J connectivity index is 1.71. The number of nitrogens with one attached hydrogen (secondary N) is 2. The van der Waals surface area contributed by atoms with Crippen molar-refractivity contribution in [1.29, 1.82) is 0 Å². The van der Waals surface area contributed by atoms with Crippen LogP contribution < -0.4 is 25.0 Å². The van der Waals surface area contributed by atoms with Gasteiger partial charge in [-0.2, -0.15) is 0 Å². The van der Waals surface area contributed by atoms with Crippen molar-refractivity contribution in [1.82, 2.24) is 10.5 Å². The highest BCUT2D eigenvalue weighted by molar-refractivity contribution is 6.31. The first kappa shape index (κ1) is 28.9. The lowest BCUT2D eigenvalue weighted by Crippen LogP contribution is -2.50. The number of amides is 3. The Morgan fingerprint density at radius 2 is 1.77 bits per heavy atom. The minimum atomic E-state index is -1.13. The Hall–Kier alpha value is -4.05. The zero-order valence-corrected chi connectivity index (χ0v) is 23.7. The van der Waals surface area contributed by atoms with Crippen molar-refractivity contribution in [2.75, 3.05) is 23.4 Å². The van der Waals surface area contributed by atoms with Crippen LogP contribution in [0.25, 0.3) is 0 Å². The van der Waals surface area contributed by atoms with Gasteiger partial charge in [0.05, 0.1) is 0 Å². The van der Waals surface area contributed by atoms with E-state index in [1.807, 2.05) is 20.8 Å². The first-order chi connectivity index (χ1) is 19.1. The molecule has 11 heteroatoms. The lowest BCUT2D eigenvalue weighted by molar-refractivity contribution is -0.128. The molecule has 0 saturated heterocycles. The van der Waals surface area contributed by atoms with E-state index in [9.17, 15) is 14.4 Å². The second-order valence-electron chi connectivity index (χ2n) is 10.1. The molecule has 1 aliphatic heterocycles. The van der Waals surface area contributed by atoms with Crippen LogP contribution in [0.4, 0.5) is 11.5 Å². The summed E-state index contributed by atoms with van der Waals surface area (Å²) in [6.45, 7) is 8.24. The van der Waals surface area contributed by atoms with Crippen molar-refractivity contribution < 1.29 is 28.4 Å². The molecule has 1 aliphatic rings. The van der Waals surface area contributed by atoms with E-state index in [1.54, 1.807) is 55.5 Å². The Bertz CT molecular complexity index is 1390. The van der Waals surface area contributed by atoms with Gasteiger partial charge in [-0.25, -0.2) is 0 Å². The summed E-state index contributed by atoms with van der Waals surface area (Å²) < 4.78 is 16.4. The molecule has 0 bridgehead atoms. The third-order valence-electron chi connectivity index (χ3n) is 6.59. The van der Waals surface area contributed by atoms with Crippen LogP contribution in [-0.2, 0) is 14.4 Å². The number of aromatic nitrogens is 1. The maximum Gasteiger partial charge on any atom is 0.248 e. The van der Waals surface area contributed by atoms with E-state index in [0.29, 0.717) is 53.2 Å². The predicted molar refractivity (Wildman–Crippen MR) is 151 cm³/mol. The fraction of sp³-hybridized carbons (Fsp3) is 0.379. The number of fused-ring (bicyclic) bond motifs is 1. The molecule has 2 aromatic carbocycles. The molecule has 3 aromatic rings. The number of ether oxygens (including phenoxy) is 2. The number of rotatable bonds is 10. The van der Waals surface area contributed by atoms with E-state index in [0.717, 1.165) is 0 Å². The maximum atomic E-state index is 14.0. The molecule has 2 heterocycles. The first-order valence-corrected chi connectivity index (χ1v) is 13.5. The molecule has 0 fully saturated rings. The minimum Gasteiger partial charge on any atom is -0.486 e. The van der Waals surface area contributed by atoms with Crippen molar-refractivity contribution in [3.8, 4) is 11.5 Å². The number of carbonyl (C=O) groups excluding carboxylic acids is 3. The van der Waals surface area contributed by atoms with E-state index in [4.69, 9.17) is 25.6 Å². The quantitative estimate of drug-likeness (QED) is 0.344. The van der Waals surface area contributed by atoms with Gasteiger partial charge in [-0.05, 0) is 45.4 Å². The van der Waals surface area contributed by atoms with Crippen molar-refractivity contribution >= 4 is 40.8 Å². The van der Waals surface area contributed by atoms with Gasteiger partial charge in [0.15, 0.2) is 17.3 Å². The average molecular weight is 569 g/mol. The Morgan fingerprint density at radius 1 is 1.05 bits per heavy atom. The van der Waals surface area contributed by atoms with Gasteiger partial charge in [0.2, 0.25) is 17.7 Å². The molecule has 1 aromatic heterocycles. The zero-order chi connectivity index (χ0) is 28.9. The van der Waals surface area contributed by atoms with Gasteiger partial charge in [-0.3, -0.25) is 19.3 Å². The zero-order valence-electron chi connectivity index (χ0n) is 23.0. The first-order valence-electron chi connectivity index (χ1n) is 13.1. The lowest BCUT2D eigenvalue weighted by atomic mass is 9.97.